The number of nitrogens with one attached hydrogen (secondary N) is 2. The van der Waals surface area contributed by atoms with Crippen molar-refractivity contribution in [1.82, 2.24) is 5.32 Å². The summed E-state index contributed by atoms with van der Waals surface area (Å²) < 4.78 is 5.57. The molecule has 2 aliphatic rings. The van der Waals surface area contributed by atoms with Crippen molar-refractivity contribution in [3.8, 4) is 11.1 Å². The van der Waals surface area contributed by atoms with Gasteiger partial charge in [0.25, 0.3) is 0 Å². The van der Waals surface area contributed by atoms with E-state index in [2.05, 4.69) is 34.9 Å². The van der Waals surface area contributed by atoms with E-state index in [0.29, 0.717) is 12.8 Å². The van der Waals surface area contributed by atoms with E-state index < -0.39 is 12.1 Å². The minimum Gasteiger partial charge on any atom is -0.478 e. The maximum Gasteiger partial charge on any atom is 0.407 e. The Bertz CT molecular complexity index is 1270. The van der Waals surface area contributed by atoms with Gasteiger partial charge in [0.2, 0.25) is 5.91 Å². The van der Waals surface area contributed by atoms with Crippen LogP contribution in [0.3, 0.4) is 0 Å². The highest BCUT2D eigenvalue weighted by Crippen LogP contribution is 2.44. The molecule has 0 heterocycles. The van der Waals surface area contributed by atoms with E-state index >= 15 is 0 Å². The normalized spacial score (nSPS) is 18.1. The maximum absolute atomic E-state index is 12.5. The summed E-state index contributed by atoms with van der Waals surface area (Å²) in [4.78, 5) is 36.1. The Balaban J connectivity index is 1.12. The van der Waals surface area contributed by atoms with Crippen molar-refractivity contribution in [2.24, 2.45) is 5.92 Å². The van der Waals surface area contributed by atoms with Gasteiger partial charge >= 0.3 is 12.1 Å². The van der Waals surface area contributed by atoms with Crippen molar-refractivity contribution in [2.75, 3.05) is 11.9 Å². The van der Waals surface area contributed by atoms with Gasteiger partial charge in [0.05, 0.1) is 16.3 Å². The van der Waals surface area contributed by atoms with Crippen molar-refractivity contribution in [3.63, 3.8) is 0 Å². The second-order valence-electron chi connectivity index (χ2n) is 8.82. The van der Waals surface area contributed by atoms with Gasteiger partial charge in [-0.2, -0.15) is 0 Å². The quantitative estimate of drug-likeness (QED) is 0.435. The molecule has 178 valence electrons. The number of halogens is 1. The molecule has 1 saturated carbocycles. The Morgan fingerprint density at radius 1 is 0.943 bits per heavy atom. The van der Waals surface area contributed by atoms with E-state index in [1.165, 1.54) is 29.3 Å². The lowest BCUT2D eigenvalue weighted by molar-refractivity contribution is -0.122. The van der Waals surface area contributed by atoms with Crippen LogP contribution in [0.5, 0.6) is 0 Å². The number of carbonyl (C=O) groups is 3. The SMILES string of the molecule is O=C(NC1CC(C(=O)Nc2cc(C(=O)O)ccc2Cl)C1)OCC1c2ccccc2-c2ccccc21. The number of anilines is 1. The number of alkyl carbamates (subject to hydrolysis) is 1. The average Bonchev–Trinajstić information content (AvgIpc) is 3.14. The second kappa shape index (κ2) is 9.43. The van der Waals surface area contributed by atoms with Crippen LogP contribution >= 0.6 is 11.6 Å². The van der Waals surface area contributed by atoms with Crippen LogP contribution in [0.25, 0.3) is 11.1 Å². The number of amides is 2. The third kappa shape index (κ3) is 4.59. The van der Waals surface area contributed by atoms with E-state index in [9.17, 15) is 14.4 Å². The molecule has 2 aliphatic carbocycles. The van der Waals surface area contributed by atoms with Gasteiger partial charge < -0.3 is 20.5 Å². The third-order valence-corrected chi connectivity index (χ3v) is 6.98. The lowest BCUT2D eigenvalue weighted by Crippen LogP contribution is -2.48. The molecule has 8 heteroatoms. The first-order chi connectivity index (χ1) is 16.9. The molecule has 1 fully saturated rings. The van der Waals surface area contributed by atoms with Gasteiger partial charge in [-0.25, -0.2) is 9.59 Å². The molecule has 0 bridgehead atoms. The average molecular weight is 491 g/mol. The fraction of sp³-hybridized carbons (Fsp3) is 0.222. The minimum atomic E-state index is -1.10. The number of fused-ring (bicyclic) bond motifs is 3. The van der Waals surface area contributed by atoms with Gasteiger partial charge in [-0.05, 0) is 53.3 Å². The molecule has 5 rings (SSSR count). The molecule has 0 saturated heterocycles. The zero-order valence-electron chi connectivity index (χ0n) is 18.7. The Labute approximate surface area is 207 Å². The van der Waals surface area contributed by atoms with E-state index in [1.54, 1.807) is 0 Å². The number of ether oxygens (including phenoxy) is 1. The fourth-order valence-electron chi connectivity index (χ4n) is 4.75. The monoisotopic (exact) mass is 490 g/mol. The zero-order chi connectivity index (χ0) is 24.5. The third-order valence-electron chi connectivity index (χ3n) is 6.65. The molecule has 0 aliphatic heterocycles. The Morgan fingerprint density at radius 3 is 2.20 bits per heavy atom. The summed E-state index contributed by atoms with van der Waals surface area (Å²) in [7, 11) is 0. The van der Waals surface area contributed by atoms with Crippen LogP contribution in [0.2, 0.25) is 5.02 Å². The van der Waals surface area contributed by atoms with Crippen LogP contribution in [0.1, 0.15) is 40.2 Å². The molecular weight excluding hydrogens is 468 g/mol. The predicted molar refractivity (Wildman–Crippen MR) is 132 cm³/mol. The van der Waals surface area contributed by atoms with Crippen molar-refractivity contribution in [2.45, 2.75) is 24.8 Å². The van der Waals surface area contributed by atoms with Crippen molar-refractivity contribution in [3.05, 3.63) is 88.4 Å². The summed E-state index contributed by atoms with van der Waals surface area (Å²) >= 11 is 6.08. The van der Waals surface area contributed by atoms with E-state index in [0.717, 1.165) is 11.1 Å². The fourth-order valence-corrected chi connectivity index (χ4v) is 4.91. The van der Waals surface area contributed by atoms with Gasteiger partial charge in [-0.3, -0.25) is 4.79 Å². The highest BCUT2D eigenvalue weighted by atomic mass is 35.5. The summed E-state index contributed by atoms with van der Waals surface area (Å²) in [5.41, 5.74) is 4.91. The van der Waals surface area contributed by atoms with E-state index in [-0.39, 0.29) is 46.7 Å². The van der Waals surface area contributed by atoms with Crippen LogP contribution in [0.4, 0.5) is 10.5 Å². The Kier molecular flexibility index (Phi) is 6.17. The van der Waals surface area contributed by atoms with Gasteiger partial charge in [-0.1, -0.05) is 60.1 Å². The summed E-state index contributed by atoms with van der Waals surface area (Å²) in [6.07, 6.45) is 0.423. The molecule has 3 aromatic carbocycles. The molecule has 0 atom stereocenters. The van der Waals surface area contributed by atoms with Crippen LogP contribution in [-0.4, -0.2) is 35.7 Å². The summed E-state index contributed by atoms with van der Waals surface area (Å²) in [6.45, 7) is 0.231. The number of carboxylic acid groups (broad SMARTS) is 1. The van der Waals surface area contributed by atoms with E-state index in [4.69, 9.17) is 21.4 Å². The van der Waals surface area contributed by atoms with Crippen LogP contribution in [0, 0.1) is 5.92 Å². The molecule has 0 spiro atoms. The van der Waals surface area contributed by atoms with Gasteiger partial charge in [0.15, 0.2) is 0 Å². The van der Waals surface area contributed by atoms with Gasteiger partial charge in [0, 0.05) is 17.9 Å². The highest BCUT2D eigenvalue weighted by Gasteiger charge is 2.36. The van der Waals surface area contributed by atoms with Crippen LogP contribution in [-0.2, 0) is 9.53 Å². The number of carbonyl (C=O) groups excluding carboxylic acids is 2. The molecule has 2 amide bonds. The number of hydrogen-bond donors (Lipinski definition) is 3. The Morgan fingerprint density at radius 2 is 1.57 bits per heavy atom. The van der Waals surface area contributed by atoms with Crippen LogP contribution < -0.4 is 10.6 Å². The standard InChI is InChI=1S/C27H23ClN2O5/c28-23-10-9-15(26(32)33)13-24(23)30-25(31)16-11-17(12-16)29-27(34)35-14-22-20-7-3-1-5-18(20)19-6-2-4-8-21(19)22/h1-10,13,16-17,22H,11-12,14H2,(H,29,34)(H,30,31)(H,32,33). The molecular formula is C27H23ClN2O5. The lowest BCUT2D eigenvalue weighted by Gasteiger charge is -2.34. The number of carboxylic acids is 1. The first kappa shape index (κ1) is 22.9. The topological polar surface area (TPSA) is 105 Å². The molecule has 3 N–H and O–H groups in total. The zero-order valence-corrected chi connectivity index (χ0v) is 19.4. The van der Waals surface area contributed by atoms with E-state index in [1.807, 2.05) is 24.3 Å². The highest BCUT2D eigenvalue weighted by molar-refractivity contribution is 6.33. The van der Waals surface area contributed by atoms with Gasteiger partial charge in [-0.15, -0.1) is 0 Å². The molecule has 0 unspecified atom stereocenters. The molecule has 3 aromatic rings. The maximum atomic E-state index is 12.5. The second-order valence-corrected chi connectivity index (χ2v) is 9.23. The Hall–Kier alpha value is -3.84. The number of aromatic carboxylic acids is 1. The number of benzene rings is 3. The molecule has 7 nitrogen and oxygen atoms in total. The van der Waals surface area contributed by atoms with Crippen molar-refractivity contribution in [1.29, 1.82) is 0 Å². The lowest BCUT2D eigenvalue weighted by atomic mass is 9.79. The minimum absolute atomic E-state index is 0.0145. The molecule has 0 aromatic heterocycles. The molecule has 35 heavy (non-hydrogen) atoms. The van der Waals surface area contributed by atoms with Crippen LogP contribution in [0.15, 0.2) is 66.7 Å². The predicted octanol–water partition coefficient (Wildman–Crippen LogP) is 5.29. The first-order valence-electron chi connectivity index (χ1n) is 11.4. The first-order valence-corrected chi connectivity index (χ1v) is 11.7. The molecule has 0 radical (unpaired) electrons. The number of hydrogen-bond acceptors (Lipinski definition) is 4. The van der Waals surface area contributed by atoms with Crippen molar-refractivity contribution < 1.29 is 24.2 Å². The van der Waals surface area contributed by atoms with Crippen molar-refractivity contribution >= 4 is 35.3 Å². The largest absolute Gasteiger partial charge is 0.478 e. The summed E-state index contributed by atoms with van der Waals surface area (Å²) in [5, 5.41) is 14.9. The number of rotatable bonds is 6. The summed E-state index contributed by atoms with van der Waals surface area (Å²) in [5.74, 6) is -1.69. The smallest absolute Gasteiger partial charge is 0.407 e. The van der Waals surface area contributed by atoms with Gasteiger partial charge in [0.1, 0.15) is 6.61 Å². The summed E-state index contributed by atoms with van der Waals surface area (Å²) in [6, 6.07) is 20.2.